The van der Waals surface area contributed by atoms with Crippen molar-refractivity contribution >= 4 is 0 Å². The number of ether oxygens (including phenoxy) is 1. The van der Waals surface area contributed by atoms with E-state index in [2.05, 4.69) is 16.8 Å². The van der Waals surface area contributed by atoms with Crippen LogP contribution in [0.3, 0.4) is 0 Å². The fourth-order valence-corrected chi connectivity index (χ4v) is 3.02. The number of hydrogen-bond acceptors (Lipinski definition) is 4. The van der Waals surface area contributed by atoms with Gasteiger partial charge in [-0.2, -0.15) is 0 Å². The van der Waals surface area contributed by atoms with E-state index in [1.54, 1.807) is 13.2 Å². The van der Waals surface area contributed by atoms with E-state index in [4.69, 9.17) is 4.74 Å². The Hall–Kier alpha value is -2.07. The first-order valence-electron chi connectivity index (χ1n) is 8.21. The van der Waals surface area contributed by atoms with Crippen molar-refractivity contribution in [2.75, 3.05) is 20.2 Å². The summed E-state index contributed by atoms with van der Waals surface area (Å²) in [5.41, 5.74) is 2.82. The second-order valence-corrected chi connectivity index (χ2v) is 6.37. The zero-order chi connectivity index (χ0) is 16.2. The number of nitrogens with zero attached hydrogens (tertiary/aromatic N) is 2. The summed E-state index contributed by atoms with van der Waals surface area (Å²) in [4.78, 5) is 6.89. The van der Waals surface area contributed by atoms with Gasteiger partial charge in [0.25, 0.3) is 0 Å². The number of methoxy groups -OCH3 is 1. The summed E-state index contributed by atoms with van der Waals surface area (Å²) in [6, 6.07) is 11.4. The molecule has 1 aromatic heterocycles. The van der Waals surface area contributed by atoms with Crippen LogP contribution in [0.4, 0.5) is 0 Å². The number of rotatable bonds is 4. The van der Waals surface area contributed by atoms with Gasteiger partial charge in [-0.05, 0) is 56.1 Å². The van der Waals surface area contributed by atoms with Gasteiger partial charge in [-0.15, -0.1) is 0 Å². The molecule has 0 aliphatic carbocycles. The van der Waals surface area contributed by atoms with Gasteiger partial charge >= 0.3 is 0 Å². The highest BCUT2D eigenvalue weighted by atomic mass is 16.5. The summed E-state index contributed by atoms with van der Waals surface area (Å²) in [6.45, 7) is 5.30. The Bertz CT molecular complexity index is 664. The Kier molecular flexibility index (Phi) is 4.82. The number of aromatic nitrogens is 1. The molecule has 2 aromatic rings. The number of phenolic OH excluding ortho intramolecular Hbond substituents is 1. The fraction of sp³-hybridized carbons (Fsp3) is 0.421. The van der Waals surface area contributed by atoms with Crippen molar-refractivity contribution in [3.8, 4) is 22.9 Å². The molecule has 1 saturated heterocycles. The van der Waals surface area contributed by atoms with E-state index < -0.39 is 0 Å². The third-order valence-corrected chi connectivity index (χ3v) is 4.58. The Morgan fingerprint density at radius 3 is 2.74 bits per heavy atom. The van der Waals surface area contributed by atoms with Gasteiger partial charge in [-0.1, -0.05) is 13.0 Å². The number of piperidine rings is 1. The molecule has 0 saturated carbocycles. The highest BCUT2D eigenvalue weighted by Gasteiger charge is 2.17. The van der Waals surface area contributed by atoms with Crippen LogP contribution in [0.25, 0.3) is 11.3 Å². The molecule has 1 aliphatic heterocycles. The fourth-order valence-electron chi connectivity index (χ4n) is 3.02. The largest absolute Gasteiger partial charge is 0.508 e. The lowest BCUT2D eigenvalue weighted by atomic mass is 9.98. The number of pyridine rings is 1. The number of aromatic hydroxyl groups is 1. The van der Waals surface area contributed by atoms with Gasteiger partial charge in [0.05, 0.1) is 12.8 Å². The summed E-state index contributed by atoms with van der Waals surface area (Å²) in [5, 5.41) is 10.2. The lowest BCUT2D eigenvalue weighted by Crippen LogP contribution is -2.32. The predicted molar refractivity (Wildman–Crippen MR) is 91.6 cm³/mol. The van der Waals surface area contributed by atoms with Crippen molar-refractivity contribution in [2.45, 2.75) is 26.3 Å². The minimum atomic E-state index is 0.357. The number of phenols is 1. The first kappa shape index (κ1) is 15.8. The summed E-state index contributed by atoms with van der Waals surface area (Å²) < 4.78 is 5.19. The Balaban J connectivity index is 1.81. The molecule has 0 spiro atoms. The van der Waals surface area contributed by atoms with Crippen LogP contribution in [0.15, 0.2) is 36.4 Å². The van der Waals surface area contributed by atoms with Gasteiger partial charge in [-0.3, -0.25) is 4.90 Å². The first-order valence-corrected chi connectivity index (χ1v) is 8.21. The zero-order valence-corrected chi connectivity index (χ0v) is 13.8. The maximum Gasteiger partial charge on any atom is 0.213 e. The van der Waals surface area contributed by atoms with Crippen LogP contribution in [0.2, 0.25) is 0 Å². The Morgan fingerprint density at radius 2 is 2.00 bits per heavy atom. The normalized spacial score (nSPS) is 16.4. The van der Waals surface area contributed by atoms with Crippen LogP contribution in [-0.4, -0.2) is 35.2 Å². The monoisotopic (exact) mass is 312 g/mol. The van der Waals surface area contributed by atoms with E-state index in [1.165, 1.54) is 12.8 Å². The van der Waals surface area contributed by atoms with Gasteiger partial charge in [-0.25, -0.2) is 4.98 Å². The molecule has 1 aliphatic rings. The van der Waals surface area contributed by atoms with E-state index >= 15 is 0 Å². The highest BCUT2D eigenvalue weighted by molar-refractivity contribution is 5.62. The number of hydrogen-bond donors (Lipinski definition) is 1. The molecular formula is C19H24N2O2. The van der Waals surface area contributed by atoms with Gasteiger partial charge in [0, 0.05) is 23.7 Å². The molecule has 122 valence electrons. The van der Waals surface area contributed by atoms with Crippen LogP contribution in [0.5, 0.6) is 11.6 Å². The van der Waals surface area contributed by atoms with E-state index in [0.717, 1.165) is 42.4 Å². The standard InChI is InChI=1S/C19H24N2O2/c1-14-8-10-21(11-9-14)13-16-12-15(6-7-18(16)22)17-4-3-5-19(20-17)23-2/h3-7,12,14,22H,8-11,13H2,1-2H3. The van der Waals surface area contributed by atoms with Crippen molar-refractivity contribution in [1.29, 1.82) is 0 Å². The second-order valence-electron chi connectivity index (χ2n) is 6.37. The molecule has 1 fully saturated rings. The van der Waals surface area contributed by atoms with Crippen molar-refractivity contribution in [1.82, 2.24) is 9.88 Å². The van der Waals surface area contributed by atoms with Gasteiger partial charge in [0.1, 0.15) is 5.75 Å². The second kappa shape index (κ2) is 7.01. The van der Waals surface area contributed by atoms with Crippen molar-refractivity contribution in [3.05, 3.63) is 42.0 Å². The predicted octanol–water partition coefficient (Wildman–Crippen LogP) is 3.69. The van der Waals surface area contributed by atoms with Crippen molar-refractivity contribution in [2.24, 2.45) is 5.92 Å². The maximum absolute atomic E-state index is 10.2. The molecule has 3 rings (SSSR count). The average Bonchev–Trinajstić information content (AvgIpc) is 2.59. The summed E-state index contributed by atoms with van der Waals surface area (Å²) in [7, 11) is 1.62. The molecule has 23 heavy (non-hydrogen) atoms. The van der Waals surface area contributed by atoms with E-state index in [9.17, 15) is 5.11 Å². The lowest BCUT2D eigenvalue weighted by Gasteiger charge is -2.30. The van der Waals surface area contributed by atoms with Crippen molar-refractivity contribution < 1.29 is 9.84 Å². The quantitative estimate of drug-likeness (QED) is 0.935. The molecule has 4 nitrogen and oxygen atoms in total. The Labute approximate surface area is 137 Å². The number of likely N-dealkylation sites (tertiary alicyclic amines) is 1. The molecule has 0 radical (unpaired) electrons. The van der Waals surface area contributed by atoms with E-state index in [1.807, 2.05) is 30.3 Å². The summed E-state index contributed by atoms with van der Waals surface area (Å²) in [6.07, 6.45) is 2.47. The molecule has 2 heterocycles. The third-order valence-electron chi connectivity index (χ3n) is 4.58. The average molecular weight is 312 g/mol. The lowest BCUT2D eigenvalue weighted by molar-refractivity contribution is 0.183. The first-order chi connectivity index (χ1) is 11.2. The minimum Gasteiger partial charge on any atom is -0.508 e. The van der Waals surface area contributed by atoms with Gasteiger partial charge in [0.2, 0.25) is 5.88 Å². The molecule has 1 N–H and O–H groups in total. The molecule has 0 amide bonds. The number of benzene rings is 1. The smallest absolute Gasteiger partial charge is 0.213 e. The van der Waals surface area contributed by atoms with Crippen LogP contribution < -0.4 is 4.74 Å². The maximum atomic E-state index is 10.2. The molecular weight excluding hydrogens is 288 g/mol. The SMILES string of the molecule is COc1cccc(-c2ccc(O)c(CN3CCC(C)CC3)c2)n1. The Morgan fingerprint density at radius 1 is 1.22 bits per heavy atom. The van der Waals surface area contributed by atoms with E-state index in [-0.39, 0.29) is 0 Å². The van der Waals surface area contributed by atoms with Crippen LogP contribution in [0, 0.1) is 5.92 Å². The van der Waals surface area contributed by atoms with Crippen LogP contribution in [-0.2, 0) is 6.54 Å². The van der Waals surface area contributed by atoms with Gasteiger partial charge in [0.15, 0.2) is 0 Å². The third kappa shape index (κ3) is 3.82. The van der Waals surface area contributed by atoms with Gasteiger partial charge < -0.3 is 9.84 Å². The molecule has 0 bridgehead atoms. The molecule has 4 heteroatoms. The summed E-state index contributed by atoms with van der Waals surface area (Å²) in [5.74, 6) is 1.77. The van der Waals surface area contributed by atoms with Crippen molar-refractivity contribution in [3.63, 3.8) is 0 Å². The molecule has 0 atom stereocenters. The summed E-state index contributed by atoms with van der Waals surface area (Å²) >= 11 is 0. The highest BCUT2D eigenvalue weighted by Crippen LogP contribution is 2.28. The molecule has 0 unspecified atom stereocenters. The minimum absolute atomic E-state index is 0.357. The topological polar surface area (TPSA) is 45.6 Å². The zero-order valence-electron chi connectivity index (χ0n) is 13.8. The van der Waals surface area contributed by atoms with Crippen LogP contribution in [0.1, 0.15) is 25.3 Å². The van der Waals surface area contributed by atoms with E-state index in [0.29, 0.717) is 11.6 Å². The van der Waals surface area contributed by atoms with Crippen LogP contribution >= 0.6 is 0 Å². The molecule has 1 aromatic carbocycles.